The van der Waals surface area contributed by atoms with E-state index in [1.807, 2.05) is 12.1 Å². The Hall–Kier alpha value is -3.78. The molecule has 0 radical (unpaired) electrons. The average Bonchev–Trinajstić information content (AvgIpc) is 3.47. The minimum absolute atomic E-state index is 0.0793. The molecule has 3 amide bonds. The number of carbonyl (C=O) groups is 3. The molecule has 2 atom stereocenters. The number of pyridine rings is 1. The highest BCUT2D eigenvalue weighted by Gasteiger charge is 2.39. The molecular weight excluding hydrogens is 468 g/mol. The number of ether oxygens (including phenoxy) is 1. The predicted molar refractivity (Wildman–Crippen MR) is 138 cm³/mol. The third-order valence-corrected chi connectivity index (χ3v) is 7.61. The predicted octanol–water partition coefficient (Wildman–Crippen LogP) is 3.21. The van der Waals surface area contributed by atoms with E-state index in [1.165, 1.54) is 10.9 Å². The molecule has 0 aliphatic carbocycles. The molecule has 1 unspecified atom stereocenters. The van der Waals surface area contributed by atoms with Crippen molar-refractivity contribution in [3.63, 3.8) is 0 Å². The van der Waals surface area contributed by atoms with Gasteiger partial charge in [0.1, 0.15) is 17.9 Å². The minimum Gasteiger partial charge on any atom is -0.489 e. The van der Waals surface area contributed by atoms with Gasteiger partial charge < -0.3 is 9.64 Å². The maximum Gasteiger partial charge on any atom is 0.255 e. The molecule has 6 rings (SSSR count). The largest absolute Gasteiger partial charge is 0.489 e. The molecule has 4 heterocycles. The van der Waals surface area contributed by atoms with Crippen LogP contribution in [0, 0.1) is 0 Å². The maximum atomic E-state index is 12.9. The molecule has 8 nitrogen and oxygen atoms in total. The van der Waals surface area contributed by atoms with Crippen LogP contribution < -0.4 is 10.1 Å². The van der Waals surface area contributed by atoms with Crippen molar-refractivity contribution in [2.75, 3.05) is 13.1 Å². The molecular formula is C29H30N4O4. The number of nitrogens with one attached hydrogen (secondary N) is 1. The Balaban J connectivity index is 1.07. The molecule has 1 N–H and O–H groups in total. The van der Waals surface area contributed by atoms with Crippen LogP contribution in [0.5, 0.6) is 5.75 Å². The summed E-state index contributed by atoms with van der Waals surface area (Å²) in [5, 5.41) is 3.51. The van der Waals surface area contributed by atoms with Gasteiger partial charge in [-0.15, -0.1) is 0 Å². The summed E-state index contributed by atoms with van der Waals surface area (Å²) in [6.07, 6.45) is 2.56. The molecule has 1 aromatic heterocycles. The Morgan fingerprint density at radius 1 is 1.05 bits per heavy atom. The summed E-state index contributed by atoms with van der Waals surface area (Å²) >= 11 is 0. The molecule has 3 aromatic rings. The number of amides is 3. The molecule has 2 aromatic carbocycles. The van der Waals surface area contributed by atoms with Crippen LogP contribution in [-0.2, 0) is 29.1 Å². The lowest BCUT2D eigenvalue weighted by Gasteiger charge is -2.29. The first kappa shape index (κ1) is 23.6. The van der Waals surface area contributed by atoms with E-state index in [9.17, 15) is 14.4 Å². The number of rotatable bonds is 6. The van der Waals surface area contributed by atoms with E-state index in [-0.39, 0.29) is 24.3 Å². The van der Waals surface area contributed by atoms with Crippen LogP contribution in [-0.4, -0.2) is 57.7 Å². The Labute approximate surface area is 215 Å². The van der Waals surface area contributed by atoms with Crippen molar-refractivity contribution in [2.45, 2.75) is 57.8 Å². The normalized spacial score (nSPS) is 22.0. The maximum absolute atomic E-state index is 12.9. The summed E-state index contributed by atoms with van der Waals surface area (Å²) in [6.45, 7) is 5.13. The Morgan fingerprint density at radius 2 is 1.95 bits per heavy atom. The van der Waals surface area contributed by atoms with Gasteiger partial charge in [-0.3, -0.25) is 29.6 Å². The molecule has 0 saturated carbocycles. The van der Waals surface area contributed by atoms with Crippen LogP contribution in [0.1, 0.15) is 53.4 Å². The third-order valence-electron chi connectivity index (χ3n) is 7.61. The zero-order chi connectivity index (χ0) is 25.5. The number of carbonyl (C=O) groups excluding carboxylic acids is 3. The lowest BCUT2D eigenvalue weighted by Crippen LogP contribution is -2.52. The van der Waals surface area contributed by atoms with Gasteiger partial charge >= 0.3 is 0 Å². The highest BCUT2D eigenvalue weighted by Crippen LogP contribution is 2.31. The standard InChI is InChI=1S/C29H30N4O4/c1-2-21-5-4-19-13-18(3-8-25(19)30-21)15-32-12-11-23(17-32)37-22-6-7-24-20(14-22)16-33(29(24)36)26-9-10-27(34)31-28(26)35/h3-8,13-14,23,26H,2,9-12,15-17H2,1H3,(H,31,34,35)/t23-,26?/m0/s1. The second-order valence-electron chi connectivity index (χ2n) is 10.2. The highest BCUT2D eigenvalue weighted by molar-refractivity contribution is 6.05. The summed E-state index contributed by atoms with van der Waals surface area (Å²) < 4.78 is 6.31. The molecule has 37 heavy (non-hydrogen) atoms. The summed E-state index contributed by atoms with van der Waals surface area (Å²) in [5.74, 6) is -0.102. The Kier molecular flexibility index (Phi) is 6.12. The summed E-state index contributed by atoms with van der Waals surface area (Å²) in [5.41, 5.74) is 4.88. The van der Waals surface area contributed by atoms with Gasteiger partial charge in [0.25, 0.3) is 5.91 Å². The zero-order valence-electron chi connectivity index (χ0n) is 20.9. The van der Waals surface area contributed by atoms with Crippen LogP contribution in [0.25, 0.3) is 10.9 Å². The number of imide groups is 1. The quantitative estimate of drug-likeness (QED) is 0.525. The first-order valence-corrected chi connectivity index (χ1v) is 13.0. The average molecular weight is 499 g/mol. The van der Waals surface area contributed by atoms with Gasteiger partial charge in [-0.25, -0.2) is 0 Å². The summed E-state index contributed by atoms with van der Waals surface area (Å²) in [4.78, 5) is 45.4. The number of hydrogen-bond donors (Lipinski definition) is 1. The third kappa shape index (κ3) is 4.69. The van der Waals surface area contributed by atoms with Crippen LogP contribution >= 0.6 is 0 Å². The molecule has 3 aliphatic heterocycles. The van der Waals surface area contributed by atoms with Crippen molar-refractivity contribution in [3.05, 3.63) is 70.9 Å². The second kappa shape index (κ2) is 9.59. The van der Waals surface area contributed by atoms with E-state index >= 15 is 0 Å². The zero-order valence-corrected chi connectivity index (χ0v) is 20.9. The van der Waals surface area contributed by atoms with Crippen molar-refractivity contribution in [3.8, 4) is 5.75 Å². The molecule has 0 spiro atoms. The van der Waals surface area contributed by atoms with Crippen LogP contribution in [0.15, 0.2) is 48.5 Å². The smallest absolute Gasteiger partial charge is 0.255 e. The molecule has 190 valence electrons. The summed E-state index contributed by atoms with van der Waals surface area (Å²) in [7, 11) is 0. The van der Waals surface area contributed by atoms with Crippen LogP contribution in [0.2, 0.25) is 0 Å². The monoisotopic (exact) mass is 498 g/mol. The summed E-state index contributed by atoms with van der Waals surface area (Å²) in [6, 6.07) is 15.7. The van der Waals surface area contributed by atoms with Crippen molar-refractivity contribution >= 4 is 28.6 Å². The molecule has 2 saturated heterocycles. The topological polar surface area (TPSA) is 91.8 Å². The Bertz CT molecular complexity index is 1400. The van der Waals surface area contributed by atoms with Crippen molar-refractivity contribution in [2.24, 2.45) is 0 Å². The fourth-order valence-corrected chi connectivity index (χ4v) is 5.62. The number of piperidine rings is 1. The van der Waals surface area contributed by atoms with Crippen LogP contribution in [0.4, 0.5) is 0 Å². The van der Waals surface area contributed by atoms with E-state index in [0.717, 1.165) is 55.0 Å². The van der Waals surface area contributed by atoms with E-state index in [2.05, 4.69) is 47.5 Å². The fraction of sp³-hybridized carbons (Fsp3) is 0.379. The minimum atomic E-state index is -0.607. The second-order valence-corrected chi connectivity index (χ2v) is 10.2. The van der Waals surface area contributed by atoms with Gasteiger partial charge in [-0.1, -0.05) is 19.1 Å². The highest BCUT2D eigenvalue weighted by atomic mass is 16.5. The first-order valence-electron chi connectivity index (χ1n) is 13.0. The van der Waals surface area contributed by atoms with Gasteiger partial charge in [0.15, 0.2) is 0 Å². The first-order chi connectivity index (χ1) is 18.0. The number of aryl methyl sites for hydroxylation is 1. The van der Waals surface area contributed by atoms with E-state index in [4.69, 9.17) is 9.72 Å². The number of likely N-dealkylation sites (tertiary alicyclic amines) is 1. The molecule has 8 heteroatoms. The van der Waals surface area contributed by atoms with Crippen molar-refractivity contribution < 1.29 is 19.1 Å². The SMILES string of the molecule is CCc1ccc2cc(CN3CC[C@H](Oc4ccc5c(c4)CN(C4CCC(=O)NC4=O)C5=O)C3)ccc2n1. The molecule has 3 aliphatic rings. The van der Waals surface area contributed by atoms with Gasteiger partial charge in [0.2, 0.25) is 11.8 Å². The number of nitrogens with zero attached hydrogens (tertiary/aromatic N) is 3. The van der Waals surface area contributed by atoms with Gasteiger partial charge in [0.05, 0.1) is 5.52 Å². The fourth-order valence-electron chi connectivity index (χ4n) is 5.62. The molecule has 0 bridgehead atoms. The van der Waals surface area contributed by atoms with E-state index in [0.29, 0.717) is 18.5 Å². The van der Waals surface area contributed by atoms with Gasteiger partial charge in [-0.2, -0.15) is 0 Å². The Morgan fingerprint density at radius 3 is 2.78 bits per heavy atom. The number of aromatic nitrogens is 1. The lowest BCUT2D eigenvalue weighted by atomic mass is 10.0. The van der Waals surface area contributed by atoms with E-state index < -0.39 is 11.9 Å². The number of hydrogen-bond acceptors (Lipinski definition) is 6. The van der Waals surface area contributed by atoms with Crippen LogP contribution in [0.3, 0.4) is 0 Å². The van der Waals surface area contributed by atoms with Crippen molar-refractivity contribution in [1.29, 1.82) is 0 Å². The van der Waals surface area contributed by atoms with Gasteiger partial charge in [0, 0.05) is 49.2 Å². The van der Waals surface area contributed by atoms with Gasteiger partial charge in [-0.05, 0) is 66.8 Å². The number of fused-ring (bicyclic) bond motifs is 2. The number of benzene rings is 2. The van der Waals surface area contributed by atoms with Crippen molar-refractivity contribution in [1.82, 2.24) is 20.1 Å². The van der Waals surface area contributed by atoms with E-state index in [1.54, 1.807) is 11.0 Å². The lowest BCUT2D eigenvalue weighted by molar-refractivity contribution is -0.136. The molecule has 2 fully saturated rings.